The van der Waals surface area contributed by atoms with Crippen molar-refractivity contribution in [3.63, 3.8) is 0 Å². The number of aryl methyl sites for hydroxylation is 1. The fourth-order valence-electron chi connectivity index (χ4n) is 3.24. The number of ether oxygens (including phenoxy) is 2. The van der Waals surface area contributed by atoms with Gasteiger partial charge in [-0.1, -0.05) is 36.4 Å². The van der Waals surface area contributed by atoms with Gasteiger partial charge in [-0.25, -0.2) is 0 Å². The van der Waals surface area contributed by atoms with Gasteiger partial charge in [0.2, 0.25) is 0 Å². The van der Waals surface area contributed by atoms with E-state index in [-0.39, 0.29) is 5.60 Å². The molecule has 2 aliphatic rings. The normalized spacial score (nSPS) is 31.7. The Hall–Kier alpha value is -1.12. The lowest BCUT2D eigenvalue weighted by Gasteiger charge is -2.24. The first-order valence-electron chi connectivity index (χ1n) is 7.55. The van der Waals surface area contributed by atoms with Crippen molar-refractivity contribution in [3.8, 4) is 0 Å². The zero-order chi connectivity index (χ0) is 14.2. The molecule has 0 unspecified atom stereocenters. The first-order valence-corrected chi connectivity index (χ1v) is 7.55. The molecular formula is C18H24O2. The predicted molar refractivity (Wildman–Crippen MR) is 80.6 cm³/mol. The minimum atomic E-state index is 0.194. The standard InChI is InChI=1S/C18H24O2/c1-13-5-4-6-15(9-13)12-19-11-14(2)16-7-8-18(3)17(10-16)20-18/h4-6,9,16-17H,2,7-8,10-12H2,1,3H3/t16-,17-,18+/m0/s1. The second-order valence-corrected chi connectivity index (χ2v) is 6.53. The van der Waals surface area contributed by atoms with Crippen molar-refractivity contribution in [1.29, 1.82) is 0 Å². The second-order valence-electron chi connectivity index (χ2n) is 6.53. The van der Waals surface area contributed by atoms with Crippen molar-refractivity contribution in [2.24, 2.45) is 5.92 Å². The minimum Gasteiger partial charge on any atom is -0.372 e. The number of hydrogen-bond donors (Lipinski definition) is 0. The second kappa shape index (κ2) is 5.34. The van der Waals surface area contributed by atoms with E-state index in [4.69, 9.17) is 9.47 Å². The maximum absolute atomic E-state index is 5.82. The van der Waals surface area contributed by atoms with Crippen LogP contribution < -0.4 is 0 Å². The Kier molecular flexibility index (Phi) is 3.70. The molecule has 0 spiro atoms. The van der Waals surface area contributed by atoms with Gasteiger partial charge in [-0.3, -0.25) is 0 Å². The summed E-state index contributed by atoms with van der Waals surface area (Å²) in [6.45, 7) is 9.90. The molecule has 108 valence electrons. The van der Waals surface area contributed by atoms with E-state index in [9.17, 15) is 0 Å². The van der Waals surface area contributed by atoms with E-state index in [1.165, 1.54) is 29.5 Å². The molecule has 1 aromatic carbocycles. The molecule has 1 saturated heterocycles. The van der Waals surface area contributed by atoms with Crippen molar-refractivity contribution < 1.29 is 9.47 Å². The van der Waals surface area contributed by atoms with Gasteiger partial charge in [0.05, 0.1) is 24.9 Å². The first kappa shape index (κ1) is 13.8. The van der Waals surface area contributed by atoms with Crippen LogP contribution in [-0.4, -0.2) is 18.3 Å². The number of hydrogen-bond acceptors (Lipinski definition) is 2. The minimum absolute atomic E-state index is 0.194. The van der Waals surface area contributed by atoms with Gasteiger partial charge in [0.25, 0.3) is 0 Å². The van der Waals surface area contributed by atoms with Crippen molar-refractivity contribution in [1.82, 2.24) is 0 Å². The molecule has 2 heteroatoms. The largest absolute Gasteiger partial charge is 0.372 e. The SMILES string of the molecule is C=C(COCc1cccc(C)c1)[C@H]1CC[C@@]2(C)O[C@H]2C1. The van der Waals surface area contributed by atoms with Gasteiger partial charge in [0, 0.05) is 0 Å². The third-order valence-corrected chi connectivity index (χ3v) is 4.74. The van der Waals surface area contributed by atoms with Crippen LogP contribution in [0.1, 0.15) is 37.3 Å². The third kappa shape index (κ3) is 2.97. The zero-order valence-electron chi connectivity index (χ0n) is 12.5. The van der Waals surface area contributed by atoms with Crippen LogP contribution in [0.15, 0.2) is 36.4 Å². The topological polar surface area (TPSA) is 21.8 Å². The highest BCUT2D eigenvalue weighted by molar-refractivity contribution is 5.21. The van der Waals surface area contributed by atoms with E-state index < -0.39 is 0 Å². The average molecular weight is 272 g/mol. The summed E-state index contributed by atoms with van der Waals surface area (Å²) >= 11 is 0. The van der Waals surface area contributed by atoms with Crippen molar-refractivity contribution in [2.45, 2.75) is 51.4 Å². The lowest BCUT2D eigenvalue weighted by molar-refractivity contribution is 0.134. The lowest BCUT2D eigenvalue weighted by Crippen LogP contribution is -2.23. The average Bonchev–Trinajstić information content (AvgIpc) is 3.09. The molecular weight excluding hydrogens is 248 g/mol. The first-order chi connectivity index (χ1) is 9.57. The number of rotatable bonds is 5. The highest BCUT2D eigenvalue weighted by Crippen LogP contribution is 2.50. The van der Waals surface area contributed by atoms with E-state index in [0.29, 0.717) is 25.2 Å². The van der Waals surface area contributed by atoms with Gasteiger partial charge in [-0.05, 0) is 50.2 Å². The molecule has 1 aliphatic carbocycles. The van der Waals surface area contributed by atoms with E-state index in [0.717, 1.165) is 6.42 Å². The van der Waals surface area contributed by atoms with Crippen molar-refractivity contribution in [3.05, 3.63) is 47.5 Å². The Morgan fingerprint density at radius 3 is 3.10 bits per heavy atom. The Morgan fingerprint density at radius 1 is 1.50 bits per heavy atom. The van der Waals surface area contributed by atoms with Crippen LogP contribution in [0.2, 0.25) is 0 Å². The smallest absolute Gasteiger partial charge is 0.0920 e. The predicted octanol–water partition coefficient (Wildman–Crippen LogP) is 4.03. The molecule has 1 heterocycles. The Balaban J connectivity index is 1.43. The van der Waals surface area contributed by atoms with Crippen LogP contribution in [-0.2, 0) is 16.1 Å². The molecule has 0 bridgehead atoms. The van der Waals surface area contributed by atoms with E-state index in [2.05, 4.69) is 44.7 Å². The zero-order valence-corrected chi connectivity index (χ0v) is 12.5. The molecule has 0 amide bonds. The Bertz CT molecular complexity index is 508. The molecule has 0 N–H and O–H groups in total. The van der Waals surface area contributed by atoms with E-state index in [1.54, 1.807) is 0 Å². The highest BCUT2D eigenvalue weighted by atomic mass is 16.6. The van der Waals surface area contributed by atoms with Gasteiger partial charge in [-0.2, -0.15) is 0 Å². The van der Waals surface area contributed by atoms with Gasteiger partial charge in [0.1, 0.15) is 0 Å². The molecule has 3 rings (SSSR count). The lowest BCUT2D eigenvalue weighted by atomic mass is 9.80. The van der Waals surface area contributed by atoms with Crippen molar-refractivity contribution >= 4 is 0 Å². The maximum atomic E-state index is 5.82. The third-order valence-electron chi connectivity index (χ3n) is 4.74. The van der Waals surface area contributed by atoms with Crippen LogP contribution in [0.3, 0.4) is 0 Å². The van der Waals surface area contributed by atoms with Crippen LogP contribution in [0.25, 0.3) is 0 Å². The van der Waals surface area contributed by atoms with Crippen LogP contribution in [0, 0.1) is 12.8 Å². The molecule has 0 aromatic heterocycles. The van der Waals surface area contributed by atoms with E-state index in [1.807, 2.05) is 0 Å². The quantitative estimate of drug-likeness (QED) is 0.596. The summed E-state index contributed by atoms with van der Waals surface area (Å²) in [7, 11) is 0. The molecule has 0 radical (unpaired) electrons. The summed E-state index contributed by atoms with van der Waals surface area (Å²) in [5.74, 6) is 0.577. The molecule has 1 saturated carbocycles. The van der Waals surface area contributed by atoms with E-state index >= 15 is 0 Å². The molecule has 1 aliphatic heterocycles. The molecule has 2 nitrogen and oxygen atoms in total. The summed E-state index contributed by atoms with van der Waals surface area (Å²) in [5, 5.41) is 0. The van der Waals surface area contributed by atoms with Crippen LogP contribution in [0.5, 0.6) is 0 Å². The number of benzene rings is 1. The number of epoxide rings is 1. The van der Waals surface area contributed by atoms with Gasteiger partial charge in [0.15, 0.2) is 0 Å². The fourth-order valence-corrected chi connectivity index (χ4v) is 3.24. The number of fused-ring (bicyclic) bond motifs is 1. The van der Waals surface area contributed by atoms with Gasteiger partial charge in [-0.15, -0.1) is 0 Å². The fraction of sp³-hybridized carbons (Fsp3) is 0.556. The maximum Gasteiger partial charge on any atom is 0.0920 e. The van der Waals surface area contributed by atoms with Crippen LogP contribution >= 0.6 is 0 Å². The van der Waals surface area contributed by atoms with Crippen LogP contribution in [0.4, 0.5) is 0 Å². The molecule has 20 heavy (non-hydrogen) atoms. The van der Waals surface area contributed by atoms with Gasteiger partial charge < -0.3 is 9.47 Å². The Labute approximate surface area is 121 Å². The van der Waals surface area contributed by atoms with Gasteiger partial charge >= 0.3 is 0 Å². The molecule has 2 fully saturated rings. The molecule has 3 atom stereocenters. The monoisotopic (exact) mass is 272 g/mol. The summed E-state index contributed by atoms with van der Waals surface area (Å²) in [6.07, 6.45) is 3.96. The summed E-state index contributed by atoms with van der Waals surface area (Å²) < 4.78 is 11.6. The molecule has 1 aromatic rings. The summed E-state index contributed by atoms with van der Waals surface area (Å²) in [4.78, 5) is 0. The highest BCUT2D eigenvalue weighted by Gasteiger charge is 2.55. The Morgan fingerprint density at radius 2 is 2.35 bits per heavy atom. The summed E-state index contributed by atoms with van der Waals surface area (Å²) in [6, 6.07) is 8.47. The summed E-state index contributed by atoms with van der Waals surface area (Å²) in [5.41, 5.74) is 3.94. The van der Waals surface area contributed by atoms with Crippen molar-refractivity contribution in [2.75, 3.05) is 6.61 Å².